The van der Waals surface area contributed by atoms with Crippen molar-refractivity contribution in [1.82, 2.24) is 9.97 Å². The molecule has 0 saturated heterocycles. The van der Waals surface area contributed by atoms with Crippen molar-refractivity contribution in [1.29, 1.82) is 0 Å². The van der Waals surface area contributed by atoms with E-state index < -0.39 is 0 Å². The van der Waals surface area contributed by atoms with Gasteiger partial charge in [0.2, 0.25) is 0 Å². The fourth-order valence-electron chi connectivity index (χ4n) is 1.11. The molecule has 0 radical (unpaired) electrons. The van der Waals surface area contributed by atoms with Crippen molar-refractivity contribution >= 4 is 33.4 Å². The molecule has 0 unspecified atom stereocenters. The Morgan fingerprint density at radius 2 is 2.19 bits per heavy atom. The molecule has 0 aliphatic rings. The molecule has 2 aromatic rings. The van der Waals surface area contributed by atoms with E-state index in [9.17, 15) is 4.79 Å². The molecule has 1 heterocycles. The topological polar surface area (TPSA) is 71.8 Å². The monoisotopic (exact) mass is 297 g/mol. The number of H-pyrrole nitrogens is 1. The molecule has 0 bridgehead atoms. The number of nitrogen functional groups attached to an aromatic ring is 1. The van der Waals surface area contributed by atoms with Crippen LogP contribution in [0.4, 0.5) is 5.69 Å². The predicted molar refractivity (Wildman–Crippen MR) is 67.5 cm³/mol. The summed E-state index contributed by atoms with van der Waals surface area (Å²) in [5, 5.41) is 0.554. The molecular weight excluding hydrogens is 290 g/mol. The lowest BCUT2D eigenvalue weighted by atomic mass is 10.3. The fourth-order valence-corrected chi connectivity index (χ4v) is 2.51. The normalized spacial score (nSPS) is 10.3. The summed E-state index contributed by atoms with van der Waals surface area (Å²) in [7, 11) is 0. The Balaban J connectivity index is 2.30. The molecule has 82 valence electrons. The number of nitrogens with zero attached hydrogens (tertiary/aromatic N) is 1. The third kappa shape index (κ3) is 2.65. The Hall–Kier alpha value is -1.27. The standard InChI is InChI=1S/C10H8BrN3OS/c11-7-5-6(12)1-2-8(7)16-10-13-4-3-9(15)14-10/h1-5H,12H2,(H,13,14,15). The SMILES string of the molecule is Nc1ccc(Sc2nccc(=O)[nH]2)c(Br)c1. The van der Waals surface area contributed by atoms with Gasteiger partial charge in [-0.3, -0.25) is 4.79 Å². The maximum Gasteiger partial charge on any atom is 0.251 e. The van der Waals surface area contributed by atoms with Gasteiger partial charge < -0.3 is 10.7 Å². The molecule has 6 heteroatoms. The number of nitrogens with two attached hydrogens (primary N) is 1. The van der Waals surface area contributed by atoms with E-state index in [1.54, 1.807) is 6.07 Å². The van der Waals surface area contributed by atoms with Crippen molar-refractivity contribution in [2.24, 2.45) is 0 Å². The fraction of sp³-hybridized carbons (Fsp3) is 0. The van der Waals surface area contributed by atoms with Crippen LogP contribution in [-0.2, 0) is 0 Å². The zero-order valence-corrected chi connectivity index (χ0v) is 10.5. The van der Waals surface area contributed by atoms with E-state index in [2.05, 4.69) is 25.9 Å². The lowest BCUT2D eigenvalue weighted by molar-refractivity contribution is 0.936. The number of nitrogens with one attached hydrogen (secondary N) is 1. The van der Waals surface area contributed by atoms with Crippen LogP contribution in [0.15, 0.2) is 49.8 Å². The number of halogens is 1. The number of aromatic nitrogens is 2. The van der Waals surface area contributed by atoms with E-state index in [0.717, 1.165) is 9.37 Å². The van der Waals surface area contributed by atoms with Gasteiger partial charge in [-0.25, -0.2) is 4.98 Å². The van der Waals surface area contributed by atoms with Crippen molar-refractivity contribution in [3.05, 3.63) is 45.3 Å². The first-order valence-corrected chi connectivity index (χ1v) is 6.04. The molecule has 0 fully saturated rings. The van der Waals surface area contributed by atoms with Gasteiger partial charge in [0.1, 0.15) is 0 Å². The lowest BCUT2D eigenvalue weighted by Crippen LogP contribution is -2.04. The zero-order valence-electron chi connectivity index (χ0n) is 8.11. The highest BCUT2D eigenvalue weighted by atomic mass is 79.9. The molecule has 0 atom stereocenters. The predicted octanol–water partition coefficient (Wildman–Crippen LogP) is 2.27. The zero-order chi connectivity index (χ0) is 11.5. The Labute approximate surface area is 104 Å². The van der Waals surface area contributed by atoms with E-state index in [1.165, 1.54) is 24.0 Å². The van der Waals surface area contributed by atoms with Gasteiger partial charge in [-0.05, 0) is 34.1 Å². The highest BCUT2D eigenvalue weighted by Gasteiger charge is 2.04. The molecular formula is C10H8BrN3OS. The maximum absolute atomic E-state index is 11.1. The van der Waals surface area contributed by atoms with Crippen LogP contribution < -0.4 is 11.3 Å². The first-order chi connectivity index (χ1) is 7.65. The highest BCUT2D eigenvalue weighted by Crippen LogP contribution is 2.32. The van der Waals surface area contributed by atoms with Crippen molar-refractivity contribution in [3.8, 4) is 0 Å². The average Bonchev–Trinajstić information content (AvgIpc) is 2.22. The van der Waals surface area contributed by atoms with Crippen LogP contribution >= 0.6 is 27.7 Å². The molecule has 1 aromatic heterocycles. The summed E-state index contributed by atoms with van der Waals surface area (Å²) in [6, 6.07) is 6.86. The molecule has 3 N–H and O–H groups in total. The summed E-state index contributed by atoms with van der Waals surface area (Å²) < 4.78 is 0.879. The summed E-state index contributed by atoms with van der Waals surface area (Å²) >= 11 is 4.77. The van der Waals surface area contributed by atoms with Gasteiger partial charge >= 0.3 is 0 Å². The Kier molecular flexibility index (Phi) is 3.31. The minimum absolute atomic E-state index is 0.163. The lowest BCUT2D eigenvalue weighted by Gasteiger charge is -2.03. The van der Waals surface area contributed by atoms with Gasteiger partial charge in [0.15, 0.2) is 5.16 Å². The van der Waals surface area contributed by atoms with Crippen molar-refractivity contribution in [3.63, 3.8) is 0 Å². The van der Waals surface area contributed by atoms with Gasteiger partial charge in [0, 0.05) is 27.3 Å². The number of hydrogen-bond donors (Lipinski definition) is 2. The van der Waals surface area contributed by atoms with Crippen LogP contribution in [-0.4, -0.2) is 9.97 Å². The van der Waals surface area contributed by atoms with E-state index in [1.807, 2.05) is 12.1 Å². The summed E-state index contributed by atoms with van der Waals surface area (Å²) in [5.41, 5.74) is 6.16. The minimum atomic E-state index is -0.163. The van der Waals surface area contributed by atoms with Crippen LogP contribution in [0, 0.1) is 0 Å². The van der Waals surface area contributed by atoms with Gasteiger partial charge in [0.25, 0.3) is 5.56 Å². The first-order valence-electron chi connectivity index (χ1n) is 4.43. The van der Waals surface area contributed by atoms with Gasteiger partial charge in [-0.2, -0.15) is 0 Å². The molecule has 2 rings (SSSR count). The molecule has 0 spiro atoms. The largest absolute Gasteiger partial charge is 0.399 e. The maximum atomic E-state index is 11.1. The molecule has 0 aliphatic heterocycles. The van der Waals surface area contributed by atoms with Crippen LogP contribution in [0.3, 0.4) is 0 Å². The van der Waals surface area contributed by atoms with E-state index in [-0.39, 0.29) is 5.56 Å². The molecule has 1 aromatic carbocycles. The number of hydrogen-bond acceptors (Lipinski definition) is 4. The van der Waals surface area contributed by atoms with E-state index >= 15 is 0 Å². The number of benzene rings is 1. The van der Waals surface area contributed by atoms with Gasteiger partial charge in [0.05, 0.1) is 0 Å². The highest BCUT2D eigenvalue weighted by molar-refractivity contribution is 9.10. The van der Waals surface area contributed by atoms with Crippen LogP contribution in [0.2, 0.25) is 0 Å². The summed E-state index contributed by atoms with van der Waals surface area (Å²) in [5.74, 6) is 0. The summed E-state index contributed by atoms with van der Waals surface area (Å²) in [4.78, 5) is 18.7. The second-order valence-corrected chi connectivity index (χ2v) is 4.92. The van der Waals surface area contributed by atoms with Crippen LogP contribution in [0.5, 0.6) is 0 Å². The van der Waals surface area contributed by atoms with Gasteiger partial charge in [-0.1, -0.05) is 11.8 Å². The quantitative estimate of drug-likeness (QED) is 0.659. The molecule has 16 heavy (non-hydrogen) atoms. The average molecular weight is 298 g/mol. The Bertz CT molecular complexity index is 570. The van der Waals surface area contributed by atoms with Crippen LogP contribution in [0.1, 0.15) is 0 Å². The summed E-state index contributed by atoms with van der Waals surface area (Å²) in [6.07, 6.45) is 1.48. The molecule has 4 nitrogen and oxygen atoms in total. The first kappa shape index (κ1) is 11.2. The molecule has 0 saturated carbocycles. The van der Waals surface area contributed by atoms with Crippen molar-refractivity contribution in [2.75, 3.05) is 5.73 Å². The van der Waals surface area contributed by atoms with Gasteiger partial charge in [-0.15, -0.1) is 0 Å². The number of rotatable bonds is 2. The molecule has 0 amide bonds. The van der Waals surface area contributed by atoms with E-state index in [4.69, 9.17) is 5.73 Å². The second-order valence-electron chi connectivity index (χ2n) is 3.03. The summed E-state index contributed by atoms with van der Waals surface area (Å²) in [6.45, 7) is 0. The number of aromatic amines is 1. The smallest absolute Gasteiger partial charge is 0.251 e. The third-order valence-corrected chi connectivity index (χ3v) is 3.71. The van der Waals surface area contributed by atoms with Crippen LogP contribution in [0.25, 0.3) is 0 Å². The minimum Gasteiger partial charge on any atom is -0.399 e. The van der Waals surface area contributed by atoms with Crippen molar-refractivity contribution in [2.45, 2.75) is 10.1 Å². The number of anilines is 1. The van der Waals surface area contributed by atoms with Crippen molar-refractivity contribution < 1.29 is 0 Å². The second kappa shape index (κ2) is 4.71. The third-order valence-electron chi connectivity index (χ3n) is 1.81. The van der Waals surface area contributed by atoms with E-state index in [0.29, 0.717) is 10.8 Å². The molecule has 0 aliphatic carbocycles. The Morgan fingerprint density at radius 3 is 2.88 bits per heavy atom. The Morgan fingerprint density at radius 1 is 1.38 bits per heavy atom.